The number of hydrogen-bond donors (Lipinski definition) is 0. The molecule has 2 nitrogen and oxygen atoms in total. The van der Waals surface area contributed by atoms with Crippen molar-refractivity contribution in [3.8, 4) is 0 Å². The van der Waals surface area contributed by atoms with Gasteiger partial charge in [-0.25, -0.2) is 0 Å². The minimum Gasteiger partial charge on any atom is -0.459 e. The monoisotopic (exact) mass is 344 g/mol. The highest BCUT2D eigenvalue weighted by atomic mass is 16.6. The summed E-state index contributed by atoms with van der Waals surface area (Å²) in [5.41, 5.74) is -0.132. The van der Waals surface area contributed by atoms with Crippen LogP contribution in [-0.4, -0.2) is 11.6 Å². The number of ether oxygens (including phenoxy) is 1. The summed E-state index contributed by atoms with van der Waals surface area (Å²) in [7, 11) is 0. The minimum absolute atomic E-state index is 0.132. The lowest BCUT2D eigenvalue weighted by Crippen LogP contribution is -2.42. The van der Waals surface area contributed by atoms with Gasteiger partial charge in [0.15, 0.2) is 0 Å². The summed E-state index contributed by atoms with van der Waals surface area (Å²) in [6, 6.07) is 0. The molecule has 2 heteroatoms. The fraction of sp³-hybridized carbons (Fsp3) is 0.957. The zero-order chi connectivity index (χ0) is 17.3. The van der Waals surface area contributed by atoms with E-state index in [0.29, 0.717) is 11.8 Å². The second-order valence-electron chi connectivity index (χ2n) is 10.5. The lowest BCUT2D eigenvalue weighted by molar-refractivity contribution is -0.171. The third kappa shape index (κ3) is 2.31. The van der Waals surface area contributed by atoms with E-state index in [1.807, 2.05) is 0 Å². The normalized spacial score (nSPS) is 55.7. The maximum atomic E-state index is 13.2. The van der Waals surface area contributed by atoms with E-state index in [4.69, 9.17) is 4.74 Å². The van der Waals surface area contributed by atoms with E-state index in [1.165, 1.54) is 44.9 Å². The van der Waals surface area contributed by atoms with E-state index in [9.17, 15) is 4.79 Å². The van der Waals surface area contributed by atoms with Gasteiger partial charge in [0.1, 0.15) is 5.60 Å². The molecule has 10 atom stereocenters. The molecule has 0 saturated heterocycles. The zero-order valence-electron chi connectivity index (χ0n) is 16.4. The second-order valence-corrected chi connectivity index (χ2v) is 10.5. The molecule has 5 aliphatic rings. The number of fused-ring (bicyclic) bond motifs is 7. The molecular formula is C23H36O2. The predicted molar refractivity (Wildman–Crippen MR) is 98.8 cm³/mol. The highest BCUT2D eigenvalue weighted by molar-refractivity contribution is 5.74. The lowest BCUT2D eigenvalue weighted by Gasteiger charge is -2.38. The first-order valence-corrected chi connectivity index (χ1v) is 11.3. The SMILES string of the molecule is CCC1CC(CC)C2C3CC(CC3C(=O)OC3(C)CC4CCC3C4)C12. The first kappa shape index (κ1) is 16.6. The van der Waals surface area contributed by atoms with Crippen LogP contribution in [0.1, 0.15) is 78.6 Å². The van der Waals surface area contributed by atoms with Crippen LogP contribution in [0.3, 0.4) is 0 Å². The molecule has 0 aromatic rings. The van der Waals surface area contributed by atoms with Crippen LogP contribution < -0.4 is 0 Å². The molecule has 0 amide bonds. The summed E-state index contributed by atoms with van der Waals surface area (Å²) >= 11 is 0. The van der Waals surface area contributed by atoms with Gasteiger partial charge in [0.25, 0.3) is 0 Å². The fourth-order valence-electron chi connectivity index (χ4n) is 8.65. The molecule has 4 bridgehead atoms. The molecule has 25 heavy (non-hydrogen) atoms. The Morgan fingerprint density at radius 2 is 1.76 bits per heavy atom. The quantitative estimate of drug-likeness (QED) is 0.634. The molecule has 0 spiro atoms. The van der Waals surface area contributed by atoms with Gasteiger partial charge in [-0.15, -0.1) is 0 Å². The Balaban J connectivity index is 1.31. The van der Waals surface area contributed by atoms with Gasteiger partial charge in [-0.05, 0) is 99.2 Å². The molecule has 5 saturated carbocycles. The molecule has 5 aliphatic carbocycles. The zero-order valence-corrected chi connectivity index (χ0v) is 16.4. The number of esters is 1. The van der Waals surface area contributed by atoms with Crippen molar-refractivity contribution in [2.45, 2.75) is 84.2 Å². The van der Waals surface area contributed by atoms with Crippen LogP contribution in [0, 0.1) is 53.3 Å². The number of hydrogen-bond acceptors (Lipinski definition) is 2. The topological polar surface area (TPSA) is 26.3 Å². The van der Waals surface area contributed by atoms with Crippen LogP contribution in [0.15, 0.2) is 0 Å². The van der Waals surface area contributed by atoms with Gasteiger partial charge in [0, 0.05) is 0 Å². The molecule has 0 aromatic heterocycles. The predicted octanol–water partition coefficient (Wildman–Crippen LogP) is 5.45. The number of rotatable bonds is 4. The molecule has 0 aliphatic heterocycles. The Kier molecular flexibility index (Phi) is 3.81. The van der Waals surface area contributed by atoms with Crippen molar-refractivity contribution < 1.29 is 9.53 Å². The van der Waals surface area contributed by atoms with Gasteiger partial charge in [0.05, 0.1) is 5.92 Å². The van der Waals surface area contributed by atoms with Gasteiger partial charge in [-0.1, -0.05) is 26.7 Å². The second kappa shape index (κ2) is 5.73. The van der Waals surface area contributed by atoms with Crippen molar-refractivity contribution in [1.82, 2.24) is 0 Å². The van der Waals surface area contributed by atoms with E-state index < -0.39 is 0 Å². The van der Waals surface area contributed by atoms with Crippen LogP contribution in [0.4, 0.5) is 0 Å². The maximum absolute atomic E-state index is 13.2. The summed E-state index contributed by atoms with van der Waals surface area (Å²) < 4.78 is 6.30. The van der Waals surface area contributed by atoms with E-state index in [2.05, 4.69) is 20.8 Å². The van der Waals surface area contributed by atoms with Crippen molar-refractivity contribution in [3.05, 3.63) is 0 Å². The first-order valence-electron chi connectivity index (χ1n) is 11.3. The van der Waals surface area contributed by atoms with E-state index in [1.54, 1.807) is 0 Å². The Morgan fingerprint density at radius 3 is 2.40 bits per heavy atom. The molecule has 0 heterocycles. The standard InChI is InChI=1S/C23H36O2/c1-4-14-9-15(5-2)21-18-10-16(20(14)21)11-19(18)22(24)25-23(3)12-13-6-7-17(23)8-13/h13-21H,4-12H2,1-3H3. The van der Waals surface area contributed by atoms with E-state index >= 15 is 0 Å². The maximum Gasteiger partial charge on any atom is 0.309 e. The molecule has 0 N–H and O–H groups in total. The Bertz CT molecular complexity index is 556. The highest BCUT2D eigenvalue weighted by Crippen LogP contribution is 2.66. The fourth-order valence-corrected chi connectivity index (χ4v) is 8.65. The van der Waals surface area contributed by atoms with Crippen LogP contribution >= 0.6 is 0 Å². The van der Waals surface area contributed by atoms with E-state index in [-0.39, 0.29) is 17.5 Å². The molecular weight excluding hydrogens is 308 g/mol. The van der Waals surface area contributed by atoms with Crippen LogP contribution in [0.2, 0.25) is 0 Å². The van der Waals surface area contributed by atoms with Crippen molar-refractivity contribution in [2.75, 3.05) is 0 Å². The molecule has 0 radical (unpaired) electrons. The third-order valence-electron chi connectivity index (χ3n) is 9.61. The largest absolute Gasteiger partial charge is 0.459 e. The summed E-state index contributed by atoms with van der Waals surface area (Å²) in [6.07, 6.45) is 11.6. The minimum atomic E-state index is -0.132. The first-order chi connectivity index (χ1) is 12.0. The van der Waals surface area contributed by atoms with Crippen LogP contribution in [0.25, 0.3) is 0 Å². The van der Waals surface area contributed by atoms with Gasteiger partial charge >= 0.3 is 5.97 Å². The summed E-state index contributed by atoms with van der Waals surface area (Å²) in [5, 5.41) is 0. The van der Waals surface area contributed by atoms with E-state index in [0.717, 1.165) is 48.3 Å². The Morgan fingerprint density at radius 1 is 1.00 bits per heavy atom. The van der Waals surface area contributed by atoms with Gasteiger partial charge in [-0.2, -0.15) is 0 Å². The lowest BCUT2D eigenvalue weighted by atomic mass is 9.70. The highest BCUT2D eigenvalue weighted by Gasteiger charge is 2.62. The van der Waals surface area contributed by atoms with Crippen LogP contribution in [-0.2, 0) is 9.53 Å². The van der Waals surface area contributed by atoms with Crippen LogP contribution in [0.5, 0.6) is 0 Å². The molecule has 5 rings (SSSR count). The van der Waals surface area contributed by atoms with Crippen molar-refractivity contribution >= 4 is 5.97 Å². The molecule has 10 unspecified atom stereocenters. The molecule has 5 fully saturated rings. The third-order valence-corrected chi connectivity index (χ3v) is 9.61. The van der Waals surface area contributed by atoms with Gasteiger partial charge in [-0.3, -0.25) is 4.79 Å². The van der Waals surface area contributed by atoms with Gasteiger partial charge in [0.2, 0.25) is 0 Å². The number of carbonyl (C=O) groups excluding carboxylic acids is 1. The van der Waals surface area contributed by atoms with Crippen molar-refractivity contribution in [2.24, 2.45) is 53.3 Å². The average molecular weight is 345 g/mol. The molecule has 140 valence electrons. The number of carbonyl (C=O) groups is 1. The Hall–Kier alpha value is -0.530. The van der Waals surface area contributed by atoms with Gasteiger partial charge < -0.3 is 4.74 Å². The van der Waals surface area contributed by atoms with Crippen molar-refractivity contribution in [1.29, 1.82) is 0 Å². The summed E-state index contributed by atoms with van der Waals surface area (Å²) in [6.45, 7) is 6.99. The molecule has 0 aromatic carbocycles. The average Bonchev–Trinajstić information content (AvgIpc) is 3.36. The summed E-state index contributed by atoms with van der Waals surface area (Å²) in [5.74, 6) is 6.93. The van der Waals surface area contributed by atoms with Crippen molar-refractivity contribution in [3.63, 3.8) is 0 Å². The summed E-state index contributed by atoms with van der Waals surface area (Å²) in [4.78, 5) is 13.2. The Labute approximate surface area is 153 Å². The smallest absolute Gasteiger partial charge is 0.309 e.